The van der Waals surface area contributed by atoms with Gasteiger partial charge in [0.15, 0.2) is 10.8 Å². The number of hydrogen-bond acceptors (Lipinski definition) is 10. The second-order valence-corrected chi connectivity index (χ2v) is 8.59. The van der Waals surface area contributed by atoms with E-state index in [2.05, 4.69) is 35.5 Å². The molecule has 0 aliphatic carbocycles. The average molecular weight is 523 g/mol. The Morgan fingerprint density at radius 3 is 2.67 bits per heavy atom. The summed E-state index contributed by atoms with van der Waals surface area (Å²) < 4.78 is 47.9. The minimum atomic E-state index is -4.99. The molecular weight excluding hydrogens is 503 g/mol. The summed E-state index contributed by atoms with van der Waals surface area (Å²) in [5, 5.41) is 13.4. The molecular formula is C21H20F3N7O4S. The van der Waals surface area contributed by atoms with Gasteiger partial charge in [-0.15, -0.1) is 23.4 Å². The fourth-order valence-corrected chi connectivity index (χ4v) is 3.94. The number of carbonyl (C=O) groups is 2. The molecule has 0 unspecified atom stereocenters. The Morgan fingerprint density at radius 1 is 1.17 bits per heavy atom. The van der Waals surface area contributed by atoms with Gasteiger partial charge in [-0.1, -0.05) is 11.3 Å². The fourth-order valence-electron chi connectivity index (χ4n) is 3.25. The number of hydrogen-bond donors (Lipinski definition) is 2. The van der Waals surface area contributed by atoms with Gasteiger partial charge < -0.3 is 14.8 Å². The molecule has 2 aromatic heterocycles. The zero-order valence-electron chi connectivity index (χ0n) is 18.8. The van der Waals surface area contributed by atoms with E-state index in [0.717, 1.165) is 29.5 Å². The first-order chi connectivity index (χ1) is 17.2. The van der Waals surface area contributed by atoms with Crippen molar-refractivity contribution in [3.05, 3.63) is 41.9 Å². The molecule has 0 radical (unpaired) electrons. The second kappa shape index (κ2) is 10.9. The van der Waals surface area contributed by atoms with Crippen LogP contribution in [0, 0.1) is 6.92 Å². The Kier molecular flexibility index (Phi) is 7.71. The number of aryl methyl sites for hydroxylation is 1. The number of anilines is 2. The maximum absolute atomic E-state index is 12.9. The third kappa shape index (κ3) is 6.93. The van der Waals surface area contributed by atoms with E-state index >= 15 is 0 Å². The number of aromatic nitrogens is 4. The number of morpholine rings is 1. The summed E-state index contributed by atoms with van der Waals surface area (Å²) in [6.45, 7) is 3.65. The molecule has 2 amide bonds. The molecule has 1 aromatic carbocycles. The summed E-state index contributed by atoms with van der Waals surface area (Å²) in [6.07, 6.45) is -1.91. The van der Waals surface area contributed by atoms with Crippen LogP contribution in [0.5, 0.6) is 5.75 Å². The highest BCUT2D eigenvalue weighted by molar-refractivity contribution is 7.18. The molecule has 36 heavy (non-hydrogen) atoms. The van der Waals surface area contributed by atoms with Crippen LogP contribution in [0.15, 0.2) is 30.6 Å². The lowest BCUT2D eigenvalue weighted by Crippen LogP contribution is -2.41. The molecule has 1 aliphatic rings. The number of rotatable bonds is 7. The molecule has 3 aromatic rings. The number of nitrogens with one attached hydrogen (secondary N) is 2. The van der Waals surface area contributed by atoms with Crippen LogP contribution in [0.25, 0.3) is 10.7 Å². The standard InChI is InChI=1S/C21H20F3N7O4S/c1-12-9-25-10-15(26-12)19-29-30-20(36-19)28-18(33)13-2-3-16(35-21(22,23)24)14(8-13)27-17(32)11-31-4-6-34-7-5-31/h2-3,8-10H,4-7,11H2,1H3,(H,27,32)(H,28,30,33). The van der Waals surface area contributed by atoms with Gasteiger partial charge in [0, 0.05) is 24.8 Å². The van der Waals surface area contributed by atoms with Crippen molar-refractivity contribution in [2.24, 2.45) is 0 Å². The molecule has 0 spiro atoms. The molecule has 0 bridgehead atoms. The number of halogens is 3. The third-order valence-corrected chi connectivity index (χ3v) is 5.69. The van der Waals surface area contributed by atoms with Crippen LogP contribution < -0.4 is 15.4 Å². The van der Waals surface area contributed by atoms with Crippen LogP contribution in [-0.4, -0.2) is 76.1 Å². The quantitative estimate of drug-likeness (QED) is 0.480. The van der Waals surface area contributed by atoms with E-state index in [0.29, 0.717) is 42.7 Å². The van der Waals surface area contributed by atoms with E-state index in [1.807, 2.05) is 0 Å². The number of nitrogens with zero attached hydrogens (tertiary/aromatic N) is 5. The molecule has 190 valence electrons. The van der Waals surface area contributed by atoms with Gasteiger partial charge in [-0.3, -0.25) is 24.8 Å². The molecule has 2 N–H and O–H groups in total. The largest absolute Gasteiger partial charge is 0.573 e. The van der Waals surface area contributed by atoms with Gasteiger partial charge in [-0.2, -0.15) is 0 Å². The Labute approximate surface area is 206 Å². The van der Waals surface area contributed by atoms with Gasteiger partial charge >= 0.3 is 6.36 Å². The average Bonchev–Trinajstić information content (AvgIpc) is 3.28. The first-order valence-electron chi connectivity index (χ1n) is 10.6. The number of carbonyl (C=O) groups excluding carboxylic acids is 2. The van der Waals surface area contributed by atoms with Crippen molar-refractivity contribution in [3.8, 4) is 16.5 Å². The van der Waals surface area contributed by atoms with Gasteiger partial charge in [0.2, 0.25) is 11.0 Å². The zero-order chi connectivity index (χ0) is 25.7. The maximum atomic E-state index is 12.9. The first kappa shape index (κ1) is 25.4. The number of ether oxygens (including phenoxy) is 2. The highest BCUT2D eigenvalue weighted by atomic mass is 32.1. The fraction of sp³-hybridized carbons (Fsp3) is 0.333. The lowest BCUT2D eigenvalue weighted by atomic mass is 10.1. The van der Waals surface area contributed by atoms with Crippen molar-refractivity contribution in [3.63, 3.8) is 0 Å². The van der Waals surface area contributed by atoms with E-state index in [9.17, 15) is 22.8 Å². The van der Waals surface area contributed by atoms with E-state index in [1.165, 1.54) is 6.20 Å². The summed E-state index contributed by atoms with van der Waals surface area (Å²) in [5.41, 5.74) is 0.828. The highest BCUT2D eigenvalue weighted by Gasteiger charge is 2.32. The SMILES string of the molecule is Cc1cncc(-c2nnc(NC(=O)c3ccc(OC(F)(F)F)c(NC(=O)CN4CCOCC4)c3)s2)n1. The van der Waals surface area contributed by atoms with E-state index < -0.39 is 23.9 Å². The van der Waals surface area contributed by atoms with Crippen molar-refractivity contribution < 1.29 is 32.2 Å². The second-order valence-electron chi connectivity index (χ2n) is 7.61. The van der Waals surface area contributed by atoms with Crippen molar-refractivity contribution in [1.82, 2.24) is 25.1 Å². The Morgan fingerprint density at radius 2 is 1.94 bits per heavy atom. The van der Waals surface area contributed by atoms with Crippen molar-refractivity contribution in [2.75, 3.05) is 43.5 Å². The smallest absolute Gasteiger partial charge is 0.404 e. The topological polar surface area (TPSA) is 131 Å². The number of alkyl halides is 3. The van der Waals surface area contributed by atoms with Gasteiger partial charge in [-0.25, -0.2) is 4.98 Å². The molecule has 15 heteroatoms. The van der Waals surface area contributed by atoms with E-state index in [-0.39, 0.29) is 22.9 Å². The summed E-state index contributed by atoms with van der Waals surface area (Å²) in [5.74, 6) is -1.88. The van der Waals surface area contributed by atoms with Crippen molar-refractivity contribution >= 4 is 34.0 Å². The Balaban J connectivity index is 1.50. The molecule has 0 saturated carbocycles. The van der Waals surface area contributed by atoms with Gasteiger partial charge in [0.05, 0.1) is 37.3 Å². The summed E-state index contributed by atoms with van der Waals surface area (Å²) in [6, 6.07) is 3.20. The lowest BCUT2D eigenvalue weighted by Gasteiger charge is -2.26. The predicted molar refractivity (Wildman–Crippen MR) is 123 cm³/mol. The Hall–Kier alpha value is -3.69. The minimum absolute atomic E-state index is 0.0294. The van der Waals surface area contributed by atoms with Crippen molar-refractivity contribution in [2.45, 2.75) is 13.3 Å². The minimum Gasteiger partial charge on any atom is -0.404 e. The normalized spacial score (nSPS) is 14.3. The molecule has 1 aliphatic heterocycles. The maximum Gasteiger partial charge on any atom is 0.573 e. The molecule has 3 heterocycles. The summed E-state index contributed by atoms with van der Waals surface area (Å²) >= 11 is 1.05. The predicted octanol–water partition coefficient (Wildman–Crippen LogP) is 2.73. The van der Waals surface area contributed by atoms with Crippen LogP contribution in [0.4, 0.5) is 24.0 Å². The van der Waals surface area contributed by atoms with E-state index in [1.54, 1.807) is 18.0 Å². The molecule has 1 saturated heterocycles. The van der Waals surface area contributed by atoms with E-state index in [4.69, 9.17) is 4.74 Å². The van der Waals surface area contributed by atoms with Crippen LogP contribution in [-0.2, 0) is 9.53 Å². The Bertz CT molecular complexity index is 1250. The zero-order valence-corrected chi connectivity index (χ0v) is 19.6. The summed E-state index contributed by atoms with van der Waals surface area (Å²) in [4.78, 5) is 35.4. The third-order valence-electron chi connectivity index (χ3n) is 4.83. The van der Waals surface area contributed by atoms with Gasteiger partial charge in [0.25, 0.3) is 5.91 Å². The van der Waals surface area contributed by atoms with Crippen LogP contribution in [0.1, 0.15) is 16.1 Å². The van der Waals surface area contributed by atoms with Crippen LogP contribution >= 0.6 is 11.3 Å². The first-order valence-corrected chi connectivity index (χ1v) is 11.4. The molecule has 4 rings (SSSR count). The molecule has 0 atom stereocenters. The van der Waals surface area contributed by atoms with Crippen molar-refractivity contribution in [1.29, 1.82) is 0 Å². The monoisotopic (exact) mass is 523 g/mol. The molecule has 11 nitrogen and oxygen atoms in total. The molecule has 1 fully saturated rings. The van der Waals surface area contributed by atoms with Gasteiger partial charge in [-0.05, 0) is 25.1 Å². The lowest BCUT2D eigenvalue weighted by molar-refractivity contribution is -0.274. The number of benzene rings is 1. The van der Waals surface area contributed by atoms with Crippen LogP contribution in [0.2, 0.25) is 0 Å². The van der Waals surface area contributed by atoms with Gasteiger partial charge in [0.1, 0.15) is 5.69 Å². The summed E-state index contributed by atoms with van der Waals surface area (Å²) in [7, 11) is 0. The highest BCUT2D eigenvalue weighted by Crippen LogP contribution is 2.32. The number of amides is 2. The van der Waals surface area contributed by atoms with Crippen LogP contribution in [0.3, 0.4) is 0 Å².